The first-order valence-corrected chi connectivity index (χ1v) is 4.85. The lowest BCUT2D eigenvalue weighted by Crippen LogP contribution is -2.39. The average Bonchev–Trinajstić information content (AvgIpc) is 2.12. The first kappa shape index (κ1) is 9.19. The van der Waals surface area contributed by atoms with Gasteiger partial charge in [-0.05, 0) is 30.9 Å². The van der Waals surface area contributed by atoms with Crippen LogP contribution in [0.4, 0.5) is 0 Å². The van der Waals surface area contributed by atoms with Crippen LogP contribution in [0.3, 0.4) is 0 Å². The van der Waals surface area contributed by atoms with Crippen LogP contribution in [0.1, 0.15) is 24.8 Å². The molecule has 0 amide bonds. The predicted octanol–water partition coefficient (Wildman–Crippen LogP) is 1.88. The minimum Gasteiger partial charge on any atom is -0.481 e. The number of nitrogens with zero attached hydrogens (tertiary/aromatic N) is 1. The first-order chi connectivity index (χ1) is 6.73. The van der Waals surface area contributed by atoms with E-state index in [2.05, 4.69) is 4.98 Å². The Morgan fingerprint density at radius 1 is 1.57 bits per heavy atom. The molecule has 0 bridgehead atoms. The monoisotopic (exact) mass is 191 g/mol. The third-order valence-corrected chi connectivity index (χ3v) is 3.03. The van der Waals surface area contributed by atoms with Gasteiger partial charge in [0.05, 0.1) is 5.41 Å². The van der Waals surface area contributed by atoms with E-state index in [0.717, 1.165) is 24.8 Å². The molecule has 3 nitrogen and oxygen atoms in total. The van der Waals surface area contributed by atoms with E-state index >= 15 is 0 Å². The molecule has 2 rings (SSSR count). The Morgan fingerprint density at radius 2 is 2.36 bits per heavy atom. The molecule has 1 N–H and O–H groups in total. The zero-order valence-electron chi connectivity index (χ0n) is 7.94. The highest BCUT2D eigenvalue weighted by Gasteiger charge is 2.44. The Bertz CT molecular complexity index is 330. The summed E-state index contributed by atoms with van der Waals surface area (Å²) in [6, 6.07) is 3.79. The number of pyridine rings is 1. The molecule has 1 aliphatic carbocycles. The fourth-order valence-corrected chi connectivity index (χ4v) is 1.96. The summed E-state index contributed by atoms with van der Waals surface area (Å²) in [5, 5.41) is 9.12. The standard InChI is InChI=1S/C11H13NO2/c13-10(14)11(4-2-5-11)7-9-3-1-6-12-8-9/h1,3,6,8H,2,4-5,7H2,(H,13,14). The number of carbonyl (C=O) groups is 1. The maximum Gasteiger partial charge on any atom is 0.309 e. The van der Waals surface area contributed by atoms with Gasteiger partial charge in [0.2, 0.25) is 0 Å². The molecule has 1 aromatic heterocycles. The van der Waals surface area contributed by atoms with Crippen LogP contribution in [0.2, 0.25) is 0 Å². The molecule has 14 heavy (non-hydrogen) atoms. The number of aliphatic carboxylic acids is 1. The minimum absolute atomic E-state index is 0.497. The van der Waals surface area contributed by atoms with Gasteiger partial charge in [-0.15, -0.1) is 0 Å². The molecule has 0 spiro atoms. The molecule has 1 saturated carbocycles. The number of aromatic nitrogens is 1. The third-order valence-electron chi connectivity index (χ3n) is 3.03. The van der Waals surface area contributed by atoms with Gasteiger partial charge in [-0.3, -0.25) is 9.78 Å². The molecule has 1 aromatic rings. The largest absolute Gasteiger partial charge is 0.481 e. The molecule has 3 heteroatoms. The zero-order chi connectivity index (χ0) is 10.0. The second-order valence-corrected chi connectivity index (χ2v) is 3.98. The summed E-state index contributed by atoms with van der Waals surface area (Å²) in [4.78, 5) is 15.1. The zero-order valence-corrected chi connectivity index (χ0v) is 7.94. The van der Waals surface area contributed by atoms with Crippen molar-refractivity contribution in [3.8, 4) is 0 Å². The van der Waals surface area contributed by atoms with Crippen molar-refractivity contribution in [3.63, 3.8) is 0 Å². The molecule has 1 fully saturated rings. The minimum atomic E-state index is -0.660. The van der Waals surface area contributed by atoms with Gasteiger partial charge in [0.15, 0.2) is 0 Å². The smallest absolute Gasteiger partial charge is 0.309 e. The molecule has 1 heterocycles. The Balaban J connectivity index is 2.13. The van der Waals surface area contributed by atoms with Gasteiger partial charge in [-0.1, -0.05) is 12.5 Å². The van der Waals surface area contributed by atoms with Gasteiger partial charge in [0.25, 0.3) is 0 Å². The Labute approximate surface area is 82.8 Å². The van der Waals surface area contributed by atoms with Gasteiger partial charge in [0, 0.05) is 12.4 Å². The van der Waals surface area contributed by atoms with Crippen LogP contribution >= 0.6 is 0 Å². The van der Waals surface area contributed by atoms with Crippen LogP contribution < -0.4 is 0 Å². The Kier molecular flexibility index (Phi) is 2.23. The van der Waals surface area contributed by atoms with Crippen molar-refractivity contribution in [2.75, 3.05) is 0 Å². The number of carboxylic acids is 1. The fraction of sp³-hybridized carbons (Fsp3) is 0.455. The number of rotatable bonds is 3. The fourth-order valence-electron chi connectivity index (χ4n) is 1.96. The van der Waals surface area contributed by atoms with Gasteiger partial charge in [-0.2, -0.15) is 0 Å². The van der Waals surface area contributed by atoms with E-state index in [1.165, 1.54) is 0 Å². The highest BCUT2D eigenvalue weighted by molar-refractivity contribution is 5.76. The molecule has 74 valence electrons. The lowest BCUT2D eigenvalue weighted by atomic mass is 9.65. The maximum atomic E-state index is 11.1. The highest BCUT2D eigenvalue weighted by atomic mass is 16.4. The van der Waals surface area contributed by atoms with Crippen LogP contribution in [0, 0.1) is 5.41 Å². The van der Waals surface area contributed by atoms with E-state index in [1.807, 2.05) is 12.1 Å². The molecule has 1 aliphatic rings. The number of carboxylic acid groups (broad SMARTS) is 1. The van der Waals surface area contributed by atoms with Crippen molar-refractivity contribution < 1.29 is 9.90 Å². The second kappa shape index (κ2) is 3.40. The van der Waals surface area contributed by atoms with Crippen molar-refractivity contribution in [1.29, 1.82) is 0 Å². The SMILES string of the molecule is O=C(O)C1(Cc2cccnc2)CCC1. The van der Waals surface area contributed by atoms with Gasteiger partial charge < -0.3 is 5.11 Å². The predicted molar refractivity (Wildman–Crippen MR) is 51.9 cm³/mol. The normalized spacial score (nSPS) is 18.6. The molecule has 0 saturated heterocycles. The molecular formula is C11H13NO2. The Hall–Kier alpha value is -1.38. The summed E-state index contributed by atoms with van der Waals surface area (Å²) in [5.74, 6) is -0.660. The van der Waals surface area contributed by atoms with Gasteiger partial charge >= 0.3 is 5.97 Å². The summed E-state index contributed by atoms with van der Waals surface area (Å²) < 4.78 is 0. The molecule has 0 aliphatic heterocycles. The highest BCUT2D eigenvalue weighted by Crippen LogP contribution is 2.43. The number of hydrogen-bond donors (Lipinski definition) is 1. The lowest BCUT2D eigenvalue weighted by Gasteiger charge is -2.37. The van der Waals surface area contributed by atoms with Crippen molar-refractivity contribution >= 4 is 5.97 Å². The quantitative estimate of drug-likeness (QED) is 0.793. The summed E-state index contributed by atoms with van der Waals surface area (Å²) >= 11 is 0. The van der Waals surface area contributed by atoms with Crippen molar-refractivity contribution in [3.05, 3.63) is 30.1 Å². The third kappa shape index (κ3) is 1.50. The van der Waals surface area contributed by atoms with Crippen LogP contribution in [0.25, 0.3) is 0 Å². The van der Waals surface area contributed by atoms with E-state index in [9.17, 15) is 4.79 Å². The lowest BCUT2D eigenvalue weighted by molar-refractivity contribution is -0.154. The summed E-state index contributed by atoms with van der Waals surface area (Å²) in [5.41, 5.74) is 0.526. The average molecular weight is 191 g/mol. The Morgan fingerprint density at radius 3 is 2.79 bits per heavy atom. The van der Waals surface area contributed by atoms with E-state index in [0.29, 0.717) is 6.42 Å². The summed E-state index contributed by atoms with van der Waals surface area (Å²) in [7, 11) is 0. The van der Waals surface area contributed by atoms with E-state index < -0.39 is 11.4 Å². The van der Waals surface area contributed by atoms with Crippen LogP contribution in [-0.2, 0) is 11.2 Å². The molecule has 0 unspecified atom stereocenters. The van der Waals surface area contributed by atoms with Crippen molar-refractivity contribution in [2.24, 2.45) is 5.41 Å². The molecule has 0 aromatic carbocycles. The van der Waals surface area contributed by atoms with Crippen LogP contribution in [0.5, 0.6) is 0 Å². The van der Waals surface area contributed by atoms with E-state index in [1.54, 1.807) is 12.4 Å². The van der Waals surface area contributed by atoms with Gasteiger partial charge in [-0.25, -0.2) is 0 Å². The van der Waals surface area contributed by atoms with E-state index in [4.69, 9.17) is 5.11 Å². The van der Waals surface area contributed by atoms with Gasteiger partial charge in [0.1, 0.15) is 0 Å². The maximum absolute atomic E-state index is 11.1. The number of hydrogen-bond acceptors (Lipinski definition) is 2. The van der Waals surface area contributed by atoms with Crippen molar-refractivity contribution in [1.82, 2.24) is 4.98 Å². The van der Waals surface area contributed by atoms with Crippen LogP contribution in [-0.4, -0.2) is 16.1 Å². The summed E-state index contributed by atoms with van der Waals surface area (Å²) in [6.07, 6.45) is 6.72. The molecule has 0 radical (unpaired) electrons. The van der Waals surface area contributed by atoms with Crippen LogP contribution in [0.15, 0.2) is 24.5 Å². The molecular weight excluding hydrogens is 178 g/mol. The second-order valence-electron chi connectivity index (χ2n) is 3.98. The first-order valence-electron chi connectivity index (χ1n) is 4.85. The summed E-state index contributed by atoms with van der Waals surface area (Å²) in [6.45, 7) is 0. The van der Waals surface area contributed by atoms with E-state index in [-0.39, 0.29) is 0 Å². The van der Waals surface area contributed by atoms with Crippen molar-refractivity contribution in [2.45, 2.75) is 25.7 Å². The molecule has 0 atom stereocenters. The topological polar surface area (TPSA) is 50.2 Å².